The third-order valence-corrected chi connectivity index (χ3v) is 2.85. The summed E-state index contributed by atoms with van der Waals surface area (Å²) in [6, 6.07) is 6.06. The van der Waals surface area contributed by atoms with Crippen molar-refractivity contribution in [1.82, 2.24) is 9.97 Å². The Balaban J connectivity index is 0. The van der Waals surface area contributed by atoms with Gasteiger partial charge >= 0.3 is 37.7 Å². The van der Waals surface area contributed by atoms with E-state index in [-0.39, 0.29) is 49.1 Å². The van der Waals surface area contributed by atoms with Gasteiger partial charge in [-0.2, -0.15) is 0 Å². The molecule has 6 nitrogen and oxygen atoms in total. The van der Waals surface area contributed by atoms with Gasteiger partial charge in [-0.15, -0.1) is 0 Å². The first-order valence-corrected chi connectivity index (χ1v) is 6.64. The van der Waals surface area contributed by atoms with Crippen LogP contribution in [0.5, 0.6) is 0 Å². The Hall–Kier alpha value is -0.605. The number of carbonyl (C=O) groups excluding carboxylic acids is 2. The SMILES string of the molecule is O=C([O-])c1cc(Br)ccn1.O=C([O-])c1cc(Br)ccn1.[Li+].[Li+]. The van der Waals surface area contributed by atoms with E-state index in [2.05, 4.69) is 41.8 Å². The first-order valence-electron chi connectivity index (χ1n) is 5.06. The molecule has 0 aromatic carbocycles. The number of hydrogen-bond acceptors (Lipinski definition) is 6. The van der Waals surface area contributed by atoms with Crippen molar-refractivity contribution in [3.63, 3.8) is 0 Å². The molecule has 10 heteroatoms. The first-order chi connectivity index (χ1) is 9.40. The Morgan fingerprint density at radius 2 is 1.14 bits per heavy atom. The second-order valence-electron chi connectivity index (χ2n) is 3.29. The molecule has 0 aliphatic carbocycles. The van der Waals surface area contributed by atoms with Crippen molar-refractivity contribution in [2.45, 2.75) is 0 Å². The summed E-state index contributed by atoms with van der Waals surface area (Å²) < 4.78 is 1.36. The number of halogens is 2. The monoisotopic (exact) mass is 414 g/mol. The normalized spacial score (nSPS) is 8.45. The van der Waals surface area contributed by atoms with E-state index >= 15 is 0 Å². The van der Waals surface area contributed by atoms with E-state index in [0.717, 1.165) is 0 Å². The Bertz CT molecular complexity index is 589. The molecular weight excluding hydrogens is 410 g/mol. The molecular formula is C12H6Br2Li2N2O4. The molecule has 2 heterocycles. The number of carbonyl (C=O) groups is 2. The second kappa shape index (κ2) is 11.9. The minimum Gasteiger partial charge on any atom is -0.543 e. The van der Waals surface area contributed by atoms with Gasteiger partial charge in [-0.3, -0.25) is 9.97 Å². The molecule has 0 amide bonds. The molecule has 2 rings (SSSR count). The van der Waals surface area contributed by atoms with Crippen LogP contribution >= 0.6 is 31.9 Å². The molecule has 0 N–H and O–H groups in total. The Morgan fingerprint density at radius 1 is 0.818 bits per heavy atom. The smallest absolute Gasteiger partial charge is 0.543 e. The number of nitrogens with zero attached hydrogens (tertiary/aromatic N) is 2. The third kappa shape index (κ3) is 8.74. The van der Waals surface area contributed by atoms with Gasteiger partial charge in [0.25, 0.3) is 0 Å². The molecule has 22 heavy (non-hydrogen) atoms. The van der Waals surface area contributed by atoms with Crippen LogP contribution in [0.4, 0.5) is 0 Å². The summed E-state index contributed by atoms with van der Waals surface area (Å²) in [4.78, 5) is 27.4. The van der Waals surface area contributed by atoms with Crippen LogP contribution in [-0.2, 0) is 0 Å². The summed E-state index contributed by atoms with van der Waals surface area (Å²) in [5.74, 6) is -2.53. The fourth-order valence-electron chi connectivity index (χ4n) is 1.03. The van der Waals surface area contributed by atoms with E-state index in [4.69, 9.17) is 0 Å². The summed E-state index contributed by atoms with van der Waals surface area (Å²) in [6.07, 6.45) is 2.80. The average Bonchev–Trinajstić information content (AvgIpc) is 2.39. The predicted molar refractivity (Wildman–Crippen MR) is 72.5 cm³/mol. The number of carboxylic acid groups (broad SMARTS) is 2. The maximum atomic E-state index is 10.2. The fourth-order valence-corrected chi connectivity index (χ4v) is 1.70. The summed E-state index contributed by atoms with van der Waals surface area (Å²) in [6.45, 7) is 0. The van der Waals surface area contributed by atoms with Crippen LogP contribution in [-0.4, -0.2) is 21.9 Å². The van der Waals surface area contributed by atoms with Crippen molar-refractivity contribution in [3.05, 3.63) is 57.0 Å². The summed E-state index contributed by atoms with van der Waals surface area (Å²) >= 11 is 6.20. The topological polar surface area (TPSA) is 106 Å². The van der Waals surface area contributed by atoms with Crippen molar-refractivity contribution in [3.8, 4) is 0 Å². The molecule has 0 atom stereocenters. The molecule has 0 unspecified atom stereocenters. The van der Waals surface area contributed by atoms with E-state index in [1.165, 1.54) is 24.5 Å². The molecule has 2 aromatic heterocycles. The first kappa shape index (κ1) is 23.7. The number of aromatic nitrogens is 2. The molecule has 104 valence electrons. The zero-order valence-corrected chi connectivity index (χ0v) is 14.9. The zero-order valence-electron chi connectivity index (χ0n) is 11.7. The number of hydrogen-bond donors (Lipinski definition) is 0. The van der Waals surface area contributed by atoms with Crippen LogP contribution in [0.2, 0.25) is 0 Å². The zero-order chi connectivity index (χ0) is 15.1. The van der Waals surface area contributed by atoms with Crippen LogP contribution in [0.3, 0.4) is 0 Å². The van der Waals surface area contributed by atoms with Gasteiger partial charge in [-0.05, 0) is 24.3 Å². The van der Waals surface area contributed by atoms with Crippen molar-refractivity contribution in [2.75, 3.05) is 0 Å². The van der Waals surface area contributed by atoms with Gasteiger partial charge in [-0.1, -0.05) is 31.9 Å². The maximum Gasteiger partial charge on any atom is 1.00 e. The molecule has 0 saturated carbocycles. The molecule has 0 bridgehead atoms. The van der Waals surface area contributed by atoms with E-state index in [1.807, 2.05) is 0 Å². The number of carboxylic acids is 2. The van der Waals surface area contributed by atoms with Crippen LogP contribution in [0, 0.1) is 0 Å². The number of rotatable bonds is 2. The maximum absolute atomic E-state index is 10.2. The average molecular weight is 416 g/mol. The fraction of sp³-hybridized carbons (Fsp3) is 0. The summed E-state index contributed by atoms with van der Waals surface area (Å²) in [7, 11) is 0. The molecule has 0 aliphatic heterocycles. The standard InChI is InChI=1S/2C6H4BrNO2.2Li/c2*7-4-1-2-8-5(3-4)6(9)10;;/h2*1-3H,(H,9,10);;/q;;2*+1/p-2. The quantitative estimate of drug-likeness (QED) is 0.453. The van der Waals surface area contributed by atoms with E-state index < -0.39 is 11.9 Å². The van der Waals surface area contributed by atoms with Crippen LogP contribution in [0.25, 0.3) is 0 Å². The minimum atomic E-state index is -1.26. The van der Waals surface area contributed by atoms with E-state index in [0.29, 0.717) is 8.95 Å². The van der Waals surface area contributed by atoms with Gasteiger partial charge < -0.3 is 19.8 Å². The van der Waals surface area contributed by atoms with Crippen molar-refractivity contribution in [1.29, 1.82) is 0 Å². The Labute approximate surface area is 167 Å². The summed E-state index contributed by atoms with van der Waals surface area (Å²) in [5, 5.41) is 20.3. The number of pyridine rings is 2. The van der Waals surface area contributed by atoms with Gasteiger partial charge in [-0.25, -0.2) is 0 Å². The van der Waals surface area contributed by atoms with Crippen molar-refractivity contribution >= 4 is 43.8 Å². The van der Waals surface area contributed by atoms with Gasteiger partial charge in [0.1, 0.15) is 0 Å². The molecule has 0 spiro atoms. The van der Waals surface area contributed by atoms with Crippen LogP contribution in [0.15, 0.2) is 45.6 Å². The minimum absolute atomic E-state index is 0. The van der Waals surface area contributed by atoms with Gasteiger partial charge in [0.2, 0.25) is 0 Å². The third-order valence-electron chi connectivity index (χ3n) is 1.86. The number of aromatic carboxylic acids is 2. The largest absolute Gasteiger partial charge is 1.00 e. The molecule has 0 radical (unpaired) electrons. The predicted octanol–water partition coefficient (Wildman–Crippen LogP) is -5.58. The van der Waals surface area contributed by atoms with Gasteiger partial charge in [0.15, 0.2) is 0 Å². The Kier molecular flexibility index (Phi) is 12.8. The van der Waals surface area contributed by atoms with Crippen molar-refractivity contribution in [2.24, 2.45) is 0 Å². The Morgan fingerprint density at radius 3 is 1.32 bits per heavy atom. The molecule has 0 aliphatic rings. The van der Waals surface area contributed by atoms with E-state index in [9.17, 15) is 19.8 Å². The van der Waals surface area contributed by atoms with Crippen LogP contribution < -0.4 is 47.9 Å². The summed E-state index contributed by atoms with van der Waals surface area (Å²) in [5.41, 5.74) is -0.122. The molecule has 0 fully saturated rings. The molecule has 0 saturated heterocycles. The van der Waals surface area contributed by atoms with Crippen LogP contribution in [0.1, 0.15) is 21.0 Å². The van der Waals surface area contributed by atoms with Gasteiger partial charge in [0.05, 0.1) is 23.3 Å². The van der Waals surface area contributed by atoms with E-state index in [1.54, 1.807) is 12.1 Å². The van der Waals surface area contributed by atoms with Crippen molar-refractivity contribution < 1.29 is 57.5 Å². The second-order valence-corrected chi connectivity index (χ2v) is 5.12. The molecule has 2 aromatic rings. The van der Waals surface area contributed by atoms with Gasteiger partial charge in [0, 0.05) is 21.3 Å².